The Morgan fingerprint density at radius 2 is 1.84 bits per heavy atom. The average Bonchev–Trinajstić information content (AvgIpc) is 2.53. The standard InChI is InChI=1S/C16H21F3N2O4/c1-4-25-14(23)15(16(17,18)19,21-11(2)22)20-10-9-12-7-5-6-8-13(12)24-3/h5-8,20H,4,9-10H2,1-3H3,(H,21,22)/t15-/m0/s1. The Morgan fingerprint density at radius 3 is 2.36 bits per heavy atom. The van der Waals surface area contributed by atoms with Gasteiger partial charge >= 0.3 is 12.1 Å². The molecule has 1 amide bonds. The number of nitrogens with one attached hydrogen (secondary N) is 2. The maximum absolute atomic E-state index is 13.6. The van der Waals surface area contributed by atoms with E-state index in [9.17, 15) is 22.8 Å². The van der Waals surface area contributed by atoms with Crippen molar-refractivity contribution in [2.45, 2.75) is 32.1 Å². The Kier molecular flexibility index (Phi) is 7.22. The Morgan fingerprint density at radius 1 is 1.20 bits per heavy atom. The minimum atomic E-state index is -5.09. The second-order valence-corrected chi connectivity index (χ2v) is 5.14. The summed E-state index contributed by atoms with van der Waals surface area (Å²) in [4.78, 5) is 23.2. The lowest BCUT2D eigenvalue weighted by Crippen LogP contribution is -2.72. The first-order valence-electron chi connectivity index (χ1n) is 7.57. The van der Waals surface area contributed by atoms with E-state index in [2.05, 4.69) is 10.1 Å². The number of halogens is 3. The fourth-order valence-electron chi connectivity index (χ4n) is 2.25. The average molecular weight is 362 g/mol. The molecule has 0 radical (unpaired) electrons. The molecular formula is C16H21F3N2O4. The van der Waals surface area contributed by atoms with Crippen LogP contribution in [0.2, 0.25) is 0 Å². The summed E-state index contributed by atoms with van der Waals surface area (Å²) in [6.45, 7) is 1.76. The number of esters is 1. The molecule has 0 aromatic heterocycles. The molecule has 0 fully saturated rings. The second kappa shape index (κ2) is 8.70. The van der Waals surface area contributed by atoms with Gasteiger partial charge in [0, 0.05) is 13.5 Å². The van der Waals surface area contributed by atoms with Crippen molar-refractivity contribution in [2.75, 3.05) is 20.3 Å². The number of carbonyl (C=O) groups excluding carboxylic acids is 2. The van der Waals surface area contributed by atoms with Crippen molar-refractivity contribution < 1.29 is 32.2 Å². The van der Waals surface area contributed by atoms with E-state index in [0.717, 1.165) is 6.92 Å². The number of amides is 1. The number of benzene rings is 1. The minimum Gasteiger partial charge on any atom is -0.496 e. The van der Waals surface area contributed by atoms with E-state index in [1.165, 1.54) is 14.0 Å². The first-order valence-corrected chi connectivity index (χ1v) is 7.57. The number of ether oxygens (including phenoxy) is 2. The maximum Gasteiger partial charge on any atom is 0.436 e. The largest absolute Gasteiger partial charge is 0.496 e. The molecule has 1 atom stereocenters. The van der Waals surface area contributed by atoms with Crippen molar-refractivity contribution in [3.05, 3.63) is 29.8 Å². The number of para-hydroxylation sites is 1. The molecule has 0 aliphatic rings. The molecule has 0 unspecified atom stereocenters. The van der Waals surface area contributed by atoms with Gasteiger partial charge in [-0.05, 0) is 25.0 Å². The summed E-state index contributed by atoms with van der Waals surface area (Å²) in [5.74, 6) is -2.12. The molecule has 0 spiro atoms. The van der Waals surface area contributed by atoms with E-state index >= 15 is 0 Å². The molecule has 0 bridgehead atoms. The Bertz CT molecular complexity index is 607. The van der Waals surface area contributed by atoms with Crippen LogP contribution in [0.15, 0.2) is 24.3 Å². The number of methoxy groups -OCH3 is 1. The van der Waals surface area contributed by atoms with Gasteiger partial charge in [0.1, 0.15) is 5.75 Å². The van der Waals surface area contributed by atoms with Gasteiger partial charge in [0.05, 0.1) is 13.7 Å². The van der Waals surface area contributed by atoms with Gasteiger partial charge in [-0.2, -0.15) is 13.2 Å². The van der Waals surface area contributed by atoms with Crippen LogP contribution in [0.3, 0.4) is 0 Å². The van der Waals surface area contributed by atoms with E-state index in [1.807, 2.05) is 0 Å². The van der Waals surface area contributed by atoms with Crippen LogP contribution >= 0.6 is 0 Å². The zero-order valence-corrected chi connectivity index (χ0v) is 14.2. The summed E-state index contributed by atoms with van der Waals surface area (Å²) in [5.41, 5.74) is -2.66. The summed E-state index contributed by atoms with van der Waals surface area (Å²) in [7, 11) is 1.45. The third kappa shape index (κ3) is 5.09. The third-order valence-electron chi connectivity index (χ3n) is 3.35. The van der Waals surface area contributed by atoms with E-state index in [-0.39, 0.29) is 19.6 Å². The van der Waals surface area contributed by atoms with Crippen molar-refractivity contribution in [1.82, 2.24) is 10.6 Å². The monoisotopic (exact) mass is 362 g/mol. The van der Waals surface area contributed by atoms with Crippen LogP contribution < -0.4 is 15.4 Å². The molecule has 1 aromatic carbocycles. The van der Waals surface area contributed by atoms with E-state index in [1.54, 1.807) is 29.6 Å². The summed E-state index contributed by atoms with van der Waals surface area (Å²) < 4.78 is 50.4. The molecule has 25 heavy (non-hydrogen) atoms. The Hall–Kier alpha value is -2.29. The van der Waals surface area contributed by atoms with Crippen LogP contribution in [-0.4, -0.2) is 44.0 Å². The second-order valence-electron chi connectivity index (χ2n) is 5.14. The molecule has 140 valence electrons. The maximum atomic E-state index is 13.6. The van der Waals surface area contributed by atoms with Crippen molar-refractivity contribution in [3.8, 4) is 5.75 Å². The highest BCUT2D eigenvalue weighted by atomic mass is 19.4. The highest BCUT2D eigenvalue weighted by Gasteiger charge is 2.62. The fraction of sp³-hybridized carbons (Fsp3) is 0.500. The lowest BCUT2D eigenvalue weighted by atomic mass is 10.1. The van der Waals surface area contributed by atoms with Crippen molar-refractivity contribution in [3.63, 3.8) is 0 Å². The summed E-state index contributed by atoms with van der Waals surface area (Å²) in [6.07, 6.45) is -4.95. The van der Waals surface area contributed by atoms with Crippen molar-refractivity contribution in [1.29, 1.82) is 0 Å². The molecule has 2 N–H and O–H groups in total. The molecule has 1 rings (SSSR count). The number of hydrogen-bond donors (Lipinski definition) is 2. The van der Waals surface area contributed by atoms with Gasteiger partial charge in [-0.25, -0.2) is 4.79 Å². The summed E-state index contributed by atoms with van der Waals surface area (Å²) in [5, 5.41) is 3.75. The van der Waals surface area contributed by atoms with Crippen LogP contribution in [0.5, 0.6) is 5.75 Å². The van der Waals surface area contributed by atoms with Crippen molar-refractivity contribution >= 4 is 11.9 Å². The Labute approximate surface area is 143 Å². The molecule has 6 nitrogen and oxygen atoms in total. The lowest BCUT2D eigenvalue weighted by Gasteiger charge is -2.34. The fourth-order valence-corrected chi connectivity index (χ4v) is 2.25. The molecule has 1 aromatic rings. The van der Waals surface area contributed by atoms with Gasteiger partial charge < -0.3 is 14.8 Å². The van der Waals surface area contributed by atoms with Gasteiger partial charge in [-0.1, -0.05) is 18.2 Å². The van der Waals surface area contributed by atoms with Gasteiger partial charge in [-0.3, -0.25) is 10.1 Å². The topological polar surface area (TPSA) is 76.7 Å². The zero-order chi connectivity index (χ0) is 19.1. The SMILES string of the molecule is CCOC(=O)[C@](NCCc1ccccc1OC)(NC(C)=O)C(F)(F)F. The van der Waals surface area contributed by atoms with Crippen LogP contribution in [0.25, 0.3) is 0 Å². The molecule has 0 saturated heterocycles. The van der Waals surface area contributed by atoms with Gasteiger partial charge in [-0.15, -0.1) is 0 Å². The quantitative estimate of drug-likeness (QED) is 0.545. The first kappa shape index (κ1) is 20.8. The third-order valence-corrected chi connectivity index (χ3v) is 3.35. The highest BCUT2D eigenvalue weighted by molar-refractivity contribution is 5.87. The van der Waals surface area contributed by atoms with E-state index in [4.69, 9.17) is 4.74 Å². The predicted molar refractivity (Wildman–Crippen MR) is 83.9 cm³/mol. The lowest BCUT2D eigenvalue weighted by molar-refractivity contribution is -0.221. The normalized spacial score (nSPS) is 13.7. The molecule has 0 heterocycles. The number of carbonyl (C=O) groups is 2. The van der Waals surface area contributed by atoms with Gasteiger partial charge in [0.25, 0.3) is 5.66 Å². The zero-order valence-electron chi connectivity index (χ0n) is 14.2. The Balaban J connectivity index is 3.03. The van der Waals surface area contributed by atoms with Crippen LogP contribution in [0.1, 0.15) is 19.4 Å². The summed E-state index contributed by atoms with van der Waals surface area (Å²) in [6, 6.07) is 6.81. The highest BCUT2D eigenvalue weighted by Crippen LogP contribution is 2.30. The minimum absolute atomic E-state index is 0.140. The molecule has 9 heteroatoms. The number of rotatable bonds is 8. The van der Waals surface area contributed by atoms with E-state index < -0.39 is 23.7 Å². The number of alkyl halides is 3. The van der Waals surface area contributed by atoms with Gasteiger partial charge in [0.2, 0.25) is 5.91 Å². The van der Waals surface area contributed by atoms with Crippen LogP contribution in [-0.2, 0) is 20.7 Å². The number of hydrogen-bond acceptors (Lipinski definition) is 5. The van der Waals surface area contributed by atoms with E-state index in [0.29, 0.717) is 11.3 Å². The van der Waals surface area contributed by atoms with Crippen LogP contribution in [0.4, 0.5) is 13.2 Å². The smallest absolute Gasteiger partial charge is 0.436 e. The van der Waals surface area contributed by atoms with Gasteiger partial charge in [0.15, 0.2) is 0 Å². The molecule has 0 saturated carbocycles. The molecule has 0 aliphatic carbocycles. The first-order chi connectivity index (χ1) is 11.7. The molecule has 0 aliphatic heterocycles. The molecular weight excluding hydrogens is 341 g/mol. The predicted octanol–water partition coefficient (Wildman–Crippen LogP) is 1.79. The van der Waals surface area contributed by atoms with Crippen molar-refractivity contribution in [2.24, 2.45) is 0 Å². The van der Waals surface area contributed by atoms with Crippen LogP contribution in [0, 0.1) is 0 Å². The summed E-state index contributed by atoms with van der Waals surface area (Å²) >= 11 is 0.